The number of alkyl halides is 2. The van der Waals surface area contributed by atoms with E-state index in [1.54, 1.807) is 0 Å². The summed E-state index contributed by atoms with van der Waals surface area (Å²) in [4.78, 5) is 23.5. The number of hydrogen-bond donors (Lipinski definition) is 3. The molecule has 0 aliphatic rings. The molecule has 0 spiro atoms. The minimum absolute atomic E-state index is 0.0966. The molecule has 9 heteroatoms. The zero-order valence-electron chi connectivity index (χ0n) is 13.3. The summed E-state index contributed by atoms with van der Waals surface area (Å²) in [6, 6.07) is 10.2. The summed E-state index contributed by atoms with van der Waals surface area (Å²) in [5.41, 5.74) is 0.442. The molecule has 0 heterocycles. The molecule has 0 saturated heterocycles. The van der Waals surface area contributed by atoms with E-state index in [4.69, 9.17) is 0 Å². The van der Waals surface area contributed by atoms with Crippen LogP contribution in [0.5, 0.6) is 5.75 Å². The van der Waals surface area contributed by atoms with Crippen molar-refractivity contribution >= 4 is 17.5 Å². The molecule has 138 valence electrons. The highest BCUT2D eigenvalue weighted by Crippen LogP contribution is 2.17. The van der Waals surface area contributed by atoms with Crippen molar-refractivity contribution < 1.29 is 32.6 Å². The maximum absolute atomic E-state index is 13.1. The predicted molar refractivity (Wildman–Crippen MR) is 86.1 cm³/mol. The maximum Gasteiger partial charge on any atom is 0.387 e. The second-order valence-electron chi connectivity index (χ2n) is 5.14. The first-order chi connectivity index (χ1) is 12.3. The fourth-order valence-corrected chi connectivity index (χ4v) is 2.01. The molecule has 1 unspecified atom stereocenters. The van der Waals surface area contributed by atoms with Crippen LogP contribution >= 0.6 is 0 Å². The Morgan fingerprint density at radius 1 is 1.08 bits per heavy atom. The van der Waals surface area contributed by atoms with Crippen molar-refractivity contribution in [3.63, 3.8) is 0 Å². The van der Waals surface area contributed by atoms with Crippen molar-refractivity contribution in [1.29, 1.82) is 0 Å². The van der Waals surface area contributed by atoms with Crippen molar-refractivity contribution in [2.24, 2.45) is 0 Å². The van der Waals surface area contributed by atoms with Crippen LogP contribution in [-0.2, 0) is 9.59 Å². The van der Waals surface area contributed by atoms with E-state index in [-0.39, 0.29) is 23.5 Å². The lowest BCUT2D eigenvalue weighted by molar-refractivity contribution is -0.136. The van der Waals surface area contributed by atoms with Crippen LogP contribution in [0.3, 0.4) is 0 Å². The molecule has 2 amide bonds. The van der Waals surface area contributed by atoms with Gasteiger partial charge in [-0.1, -0.05) is 12.1 Å². The van der Waals surface area contributed by atoms with Crippen LogP contribution in [0.2, 0.25) is 0 Å². The van der Waals surface area contributed by atoms with Crippen LogP contribution in [0.25, 0.3) is 0 Å². The van der Waals surface area contributed by atoms with Crippen molar-refractivity contribution in [2.75, 3.05) is 11.9 Å². The second-order valence-corrected chi connectivity index (χ2v) is 5.14. The Kier molecular flexibility index (Phi) is 6.56. The lowest BCUT2D eigenvalue weighted by Crippen LogP contribution is -2.37. The van der Waals surface area contributed by atoms with E-state index in [0.717, 1.165) is 6.07 Å². The molecule has 0 aromatic heterocycles. The first-order valence-electron chi connectivity index (χ1n) is 7.42. The van der Waals surface area contributed by atoms with Gasteiger partial charge in [-0.2, -0.15) is 8.78 Å². The number of aliphatic hydroxyl groups excluding tert-OH is 1. The van der Waals surface area contributed by atoms with Gasteiger partial charge in [0.2, 0.25) is 0 Å². The number of carbonyl (C=O) groups excluding carboxylic acids is 2. The van der Waals surface area contributed by atoms with Gasteiger partial charge >= 0.3 is 18.4 Å². The molecular weight excluding hydrogens is 353 g/mol. The second kappa shape index (κ2) is 8.86. The quantitative estimate of drug-likeness (QED) is 0.683. The molecule has 2 aromatic carbocycles. The van der Waals surface area contributed by atoms with Gasteiger partial charge in [0.05, 0.1) is 6.10 Å². The Bertz CT molecular complexity index is 769. The Morgan fingerprint density at radius 3 is 2.38 bits per heavy atom. The molecule has 0 bridgehead atoms. The van der Waals surface area contributed by atoms with Crippen LogP contribution in [0.1, 0.15) is 11.7 Å². The van der Waals surface area contributed by atoms with Crippen molar-refractivity contribution in [3.05, 3.63) is 59.9 Å². The number of carbonyl (C=O) groups is 2. The number of halogens is 3. The van der Waals surface area contributed by atoms with E-state index in [0.29, 0.717) is 0 Å². The summed E-state index contributed by atoms with van der Waals surface area (Å²) in [6.07, 6.45) is -1.19. The lowest BCUT2D eigenvalue weighted by Gasteiger charge is -2.12. The molecular formula is C17H15F3N2O4. The zero-order chi connectivity index (χ0) is 19.1. The summed E-state index contributed by atoms with van der Waals surface area (Å²) < 4.78 is 41.3. The molecule has 0 saturated carbocycles. The largest absolute Gasteiger partial charge is 0.435 e. The van der Waals surface area contributed by atoms with Gasteiger partial charge in [0, 0.05) is 12.2 Å². The molecule has 2 aromatic rings. The summed E-state index contributed by atoms with van der Waals surface area (Å²) in [5, 5.41) is 14.3. The molecule has 26 heavy (non-hydrogen) atoms. The van der Waals surface area contributed by atoms with E-state index < -0.39 is 30.3 Å². The van der Waals surface area contributed by atoms with Crippen LogP contribution in [0.15, 0.2) is 48.5 Å². The SMILES string of the molecule is O=C(NCC(O)c1cccc(F)c1)C(=O)Nc1ccc(OC(F)F)cc1. The average Bonchev–Trinajstić information content (AvgIpc) is 2.60. The van der Waals surface area contributed by atoms with Gasteiger partial charge in [0.25, 0.3) is 0 Å². The van der Waals surface area contributed by atoms with Crippen molar-refractivity contribution in [2.45, 2.75) is 12.7 Å². The number of rotatable bonds is 6. The number of aliphatic hydroxyl groups is 1. The van der Waals surface area contributed by atoms with E-state index in [1.807, 2.05) is 0 Å². The van der Waals surface area contributed by atoms with Gasteiger partial charge in [-0.15, -0.1) is 0 Å². The third-order valence-corrected chi connectivity index (χ3v) is 3.23. The van der Waals surface area contributed by atoms with Crippen molar-refractivity contribution in [1.82, 2.24) is 5.32 Å². The Labute approximate surface area is 146 Å². The minimum atomic E-state index is -2.97. The number of anilines is 1. The molecule has 6 nitrogen and oxygen atoms in total. The van der Waals surface area contributed by atoms with Gasteiger partial charge < -0.3 is 20.5 Å². The van der Waals surface area contributed by atoms with Gasteiger partial charge in [0.1, 0.15) is 11.6 Å². The highest BCUT2D eigenvalue weighted by atomic mass is 19.3. The van der Waals surface area contributed by atoms with Gasteiger partial charge in [-0.3, -0.25) is 9.59 Å². The highest BCUT2D eigenvalue weighted by Gasteiger charge is 2.16. The topological polar surface area (TPSA) is 87.7 Å². The van der Waals surface area contributed by atoms with E-state index in [2.05, 4.69) is 15.4 Å². The van der Waals surface area contributed by atoms with Gasteiger partial charge in [0.15, 0.2) is 0 Å². The third-order valence-electron chi connectivity index (χ3n) is 3.23. The zero-order valence-corrected chi connectivity index (χ0v) is 13.3. The number of ether oxygens (including phenoxy) is 1. The van der Waals surface area contributed by atoms with Crippen LogP contribution in [-0.4, -0.2) is 30.1 Å². The number of amides is 2. The fourth-order valence-electron chi connectivity index (χ4n) is 2.01. The standard InChI is InChI=1S/C17H15F3N2O4/c18-11-3-1-2-10(8-11)14(23)9-21-15(24)16(25)22-12-4-6-13(7-5-12)26-17(19)20/h1-8,14,17,23H,9H2,(H,21,24)(H,22,25). The molecule has 0 aliphatic heterocycles. The Hall–Kier alpha value is -3.07. The molecule has 0 radical (unpaired) electrons. The van der Waals surface area contributed by atoms with E-state index >= 15 is 0 Å². The number of benzene rings is 2. The molecule has 3 N–H and O–H groups in total. The molecule has 2 rings (SSSR count). The Morgan fingerprint density at radius 2 is 1.77 bits per heavy atom. The number of nitrogens with one attached hydrogen (secondary N) is 2. The monoisotopic (exact) mass is 368 g/mol. The summed E-state index contributed by atoms with van der Waals surface area (Å²) in [5.74, 6) is -2.67. The normalized spacial score (nSPS) is 11.7. The smallest absolute Gasteiger partial charge is 0.387 e. The number of hydrogen-bond acceptors (Lipinski definition) is 4. The first kappa shape index (κ1) is 19.3. The molecule has 0 fully saturated rings. The Balaban J connectivity index is 1.84. The molecule has 1 atom stereocenters. The maximum atomic E-state index is 13.1. The van der Waals surface area contributed by atoms with Gasteiger partial charge in [-0.25, -0.2) is 4.39 Å². The first-order valence-corrected chi connectivity index (χ1v) is 7.42. The predicted octanol–water partition coefficient (Wildman–Crippen LogP) is 2.22. The fraction of sp³-hybridized carbons (Fsp3) is 0.176. The average molecular weight is 368 g/mol. The van der Waals surface area contributed by atoms with Crippen LogP contribution in [0.4, 0.5) is 18.9 Å². The minimum Gasteiger partial charge on any atom is -0.435 e. The van der Waals surface area contributed by atoms with E-state index in [1.165, 1.54) is 42.5 Å². The lowest BCUT2D eigenvalue weighted by atomic mass is 10.1. The van der Waals surface area contributed by atoms with Gasteiger partial charge in [-0.05, 0) is 42.0 Å². The summed E-state index contributed by atoms with van der Waals surface area (Å²) in [6.45, 7) is -3.26. The summed E-state index contributed by atoms with van der Waals surface area (Å²) in [7, 11) is 0. The van der Waals surface area contributed by atoms with Crippen LogP contribution < -0.4 is 15.4 Å². The summed E-state index contributed by atoms with van der Waals surface area (Å²) >= 11 is 0. The van der Waals surface area contributed by atoms with Crippen molar-refractivity contribution in [3.8, 4) is 5.75 Å². The highest BCUT2D eigenvalue weighted by molar-refractivity contribution is 6.39. The molecule has 0 aliphatic carbocycles. The van der Waals surface area contributed by atoms with E-state index in [9.17, 15) is 27.9 Å². The third kappa shape index (κ3) is 5.78. The van der Waals surface area contributed by atoms with Crippen LogP contribution in [0, 0.1) is 5.82 Å².